The first-order valence-corrected chi connectivity index (χ1v) is 9.42. The van der Waals surface area contributed by atoms with Crippen LogP contribution in [0.4, 0.5) is 5.13 Å². The van der Waals surface area contributed by atoms with Gasteiger partial charge in [0.2, 0.25) is 5.91 Å². The second kappa shape index (κ2) is 7.61. The molecular weight excluding hydrogens is 376 g/mol. The number of hydrogen-bond donors (Lipinski definition) is 2. The molecule has 140 valence electrons. The molecule has 0 saturated carbocycles. The van der Waals surface area contributed by atoms with E-state index in [1.165, 1.54) is 18.3 Å². The molecule has 0 fully saturated rings. The Labute approximate surface area is 164 Å². The summed E-state index contributed by atoms with van der Waals surface area (Å²) in [5, 5.41) is 8.57. The highest BCUT2D eigenvalue weighted by molar-refractivity contribution is 7.14. The van der Waals surface area contributed by atoms with Gasteiger partial charge >= 0.3 is 0 Å². The minimum Gasteiger partial charge on any atom is -0.458 e. The Morgan fingerprint density at radius 3 is 2.86 bits per heavy atom. The van der Waals surface area contributed by atoms with Crippen molar-refractivity contribution in [3.63, 3.8) is 0 Å². The van der Waals surface area contributed by atoms with Gasteiger partial charge in [0.15, 0.2) is 10.9 Å². The number of carbonyl (C=O) groups is 2. The molecule has 0 atom stereocenters. The van der Waals surface area contributed by atoms with Crippen molar-refractivity contribution in [1.29, 1.82) is 0 Å². The van der Waals surface area contributed by atoms with E-state index < -0.39 is 0 Å². The highest BCUT2D eigenvalue weighted by Gasteiger charge is 2.14. The van der Waals surface area contributed by atoms with Crippen LogP contribution in [0.3, 0.4) is 0 Å². The number of hydrogen-bond acceptors (Lipinski definition) is 6. The van der Waals surface area contributed by atoms with Gasteiger partial charge in [0.1, 0.15) is 11.5 Å². The lowest BCUT2D eigenvalue weighted by atomic mass is 10.1. The third kappa shape index (κ3) is 3.77. The molecule has 0 aliphatic rings. The van der Waals surface area contributed by atoms with Crippen LogP contribution in [-0.4, -0.2) is 21.8 Å². The molecule has 3 heterocycles. The number of fused-ring (bicyclic) bond motifs is 1. The van der Waals surface area contributed by atoms with E-state index in [1.54, 1.807) is 29.8 Å². The van der Waals surface area contributed by atoms with Gasteiger partial charge in [0.05, 0.1) is 17.6 Å². The van der Waals surface area contributed by atoms with Crippen molar-refractivity contribution in [1.82, 2.24) is 15.3 Å². The Bertz CT molecular complexity index is 1160. The van der Waals surface area contributed by atoms with Gasteiger partial charge in [0.25, 0.3) is 5.91 Å². The van der Waals surface area contributed by atoms with E-state index in [0.29, 0.717) is 34.5 Å². The summed E-state index contributed by atoms with van der Waals surface area (Å²) < 4.78 is 5.69. The number of benzene rings is 1. The Morgan fingerprint density at radius 2 is 2.00 bits per heavy atom. The Balaban J connectivity index is 1.50. The van der Waals surface area contributed by atoms with E-state index in [0.717, 1.165) is 10.9 Å². The van der Waals surface area contributed by atoms with Crippen molar-refractivity contribution in [3.05, 3.63) is 65.4 Å². The third-order valence-corrected chi connectivity index (χ3v) is 4.80. The number of rotatable bonds is 5. The molecule has 0 aliphatic carbocycles. The Morgan fingerprint density at radius 1 is 1.14 bits per heavy atom. The van der Waals surface area contributed by atoms with Crippen LogP contribution in [0.1, 0.15) is 23.0 Å². The summed E-state index contributed by atoms with van der Waals surface area (Å²) in [6.07, 6.45) is 1.62. The fraction of sp³-hybridized carbons (Fsp3) is 0.100. The maximum absolute atomic E-state index is 12.7. The summed E-state index contributed by atoms with van der Waals surface area (Å²) in [5.41, 5.74) is 1.92. The number of para-hydroxylation sites is 1. The first-order valence-electron chi connectivity index (χ1n) is 8.54. The van der Waals surface area contributed by atoms with Crippen LogP contribution in [0.2, 0.25) is 0 Å². The molecule has 0 spiro atoms. The summed E-state index contributed by atoms with van der Waals surface area (Å²) in [7, 11) is 0. The van der Waals surface area contributed by atoms with Gasteiger partial charge in [-0.2, -0.15) is 0 Å². The molecule has 2 amide bonds. The van der Waals surface area contributed by atoms with Gasteiger partial charge < -0.3 is 9.73 Å². The first-order chi connectivity index (χ1) is 13.6. The molecule has 3 aromatic heterocycles. The summed E-state index contributed by atoms with van der Waals surface area (Å²) in [4.78, 5) is 32.4. The zero-order valence-corrected chi connectivity index (χ0v) is 15.7. The summed E-state index contributed by atoms with van der Waals surface area (Å²) in [5.74, 6) is 0.837. The lowest BCUT2D eigenvalue weighted by Gasteiger charge is -2.05. The molecule has 0 unspecified atom stereocenters. The Hall–Kier alpha value is -3.52. The predicted molar refractivity (Wildman–Crippen MR) is 107 cm³/mol. The molecule has 28 heavy (non-hydrogen) atoms. The van der Waals surface area contributed by atoms with E-state index in [-0.39, 0.29) is 11.8 Å². The van der Waals surface area contributed by atoms with Crippen molar-refractivity contribution in [2.75, 3.05) is 5.32 Å². The molecule has 8 heteroatoms. The van der Waals surface area contributed by atoms with Gasteiger partial charge in [-0.3, -0.25) is 19.9 Å². The van der Waals surface area contributed by atoms with Crippen molar-refractivity contribution in [3.8, 4) is 11.5 Å². The maximum atomic E-state index is 12.7. The van der Waals surface area contributed by atoms with E-state index >= 15 is 0 Å². The summed E-state index contributed by atoms with van der Waals surface area (Å²) >= 11 is 1.31. The van der Waals surface area contributed by atoms with Crippen molar-refractivity contribution >= 4 is 39.2 Å². The molecule has 4 rings (SSSR count). The number of nitrogens with zero attached hydrogens (tertiary/aromatic N) is 2. The molecule has 2 N–H and O–H groups in total. The second-order valence-corrected chi connectivity index (χ2v) is 6.90. The highest BCUT2D eigenvalue weighted by Crippen LogP contribution is 2.27. The summed E-state index contributed by atoms with van der Waals surface area (Å²) in [6, 6.07) is 12.7. The smallest absolute Gasteiger partial charge is 0.258 e. The molecule has 7 nitrogen and oxygen atoms in total. The minimum atomic E-state index is -0.245. The number of pyridine rings is 1. The molecular formula is C20H16N4O3S. The topological polar surface area (TPSA) is 97.1 Å². The van der Waals surface area contributed by atoms with Crippen LogP contribution in [0.5, 0.6) is 0 Å². The molecule has 4 aromatic rings. The van der Waals surface area contributed by atoms with Crippen molar-refractivity contribution in [2.24, 2.45) is 0 Å². The minimum absolute atomic E-state index is 0.125. The number of amides is 2. The van der Waals surface area contributed by atoms with Gasteiger partial charge in [0, 0.05) is 23.9 Å². The fourth-order valence-corrected chi connectivity index (χ4v) is 3.42. The number of carbonyl (C=O) groups excluding carboxylic acids is 2. The lowest BCUT2D eigenvalue weighted by Crippen LogP contribution is -2.18. The molecule has 1 aromatic carbocycles. The number of aromatic nitrogens is 2. The largest absolute Gasteiger partial charge is 0.458 e. The van der Waals surface area contributed by atoms with Gasteiger partial charge in [-0.1, -0.05) is 18.2 Å². The second-order valence-electron chi connectivity index (χ2n) is 6.04. The van der Waals surface area contributed by atoms with Crippen LogP contribution in [0.25, 0.3) is 22.4 Å². The highest BCUT2D eigenvalue weighted by atomic mass is 32.1. The quantitative estimate of drug-likeness (QED) is 0.538. The van der Waals surface area contributed by atoms with Crippen molar-refractivity contribution in [2.45, 2.75) is 13.5 Å². The van der Waals surface area contributed by atoms with E-state index in [1.807, 2.05) is 24.3 Å². The maximum Gasteiger partial charge on any atom is 0.258 e. The third-order valence-electron chi connectivity index (χ3n) is 4.04. The predicted octanol–water partition coefficient (Wildman–Crippen LogP) is 3.84. The average molecular weight is 392 g/mol. The van der Waals surface area contributed by atoms with Crippen LogP contribution in [0, 0.1) is 0 Å². The first kappa shape index (κ1) is 17.9. The van der Waals surface area contributed by atoms with Crippen LogP contribution in [0.15, 0.2) is 58.5 Å². The number of anilines is 1. The van der Waals surface area contributed by atoms with E-state index in [9.17, 15) is 9.59 Å². The molecule has 0 saturated heterocycles. The number of nitrogens with one attached hydrogen (secondary N) is 2. The standard InChI is InChI=1S/C20H16N4O3S/c1-12(25)22-10-13-6-7-18(27-13)17-11-28-20(23-17)24-19(26)15-8-9-21-16-5-3-2-4-14(15)16/h2-9,11H,10H2,1H3,(H,22,25)(H,23,24,26). The number of furan rings is 1. The van der Waals surface area contributed by atoms with Gasteiger partial charge in [-0.05, 0) is 24.3 Å². The van der Waals surface area contributed by atoms with Crippen LogP contribution >= 0.6 is 11.3 Å². The Kier molecular flexibility index (Phi) is 4.86. The van der Waals surface area contributed by atoms with Crippen LogP contribution < -0.4 is 10.6 Å². The lowest BCUT2D eigenvalue weighted by molar-refractivity contribution is -0.119. The van der Waals surface area contributed by atoms with Gasteiger partial charge in [-0.15, -0.1) is 11.3 Å². The fourth-order valence-electron chi connectivity index (χ4n) is 2.72. The SMILES string of the molecule is CC(=O)NCc1ccc(-c2csc(NC(=O)c3ccnc4ccccc34)n2)o1. The molecule has 0 bridgehead atoms. The molecule has 0 radical (unpaired) electrons. The van der Waals surface area contributed by atoms with E-state index in [4.69, 9.17) is 4.42 Å². The molecule has 0 aliphatic heterocycles. The van der Waals surface area contributed by atoms with E-state index in [2.05, 4.69) is 20.6 Å². The zero-order chi connectivity index (χ0) is 19.5. The zero-order valence-electron chi connectivity index (χ0n) is 14.9. The van der Waals surface area contributed by atoms with Gasteiger partial charge in [-0.25, -0.2) is 4.98 Å². The average Bonchev–Trinajstić information content (AvgIpc) is 3.35. The monoisotopic (exact) mass is 392 g/mol. The number of thiazole rings is 1. The summed E-state index contributed by atoms with van der Waals surface area (Å²) in [6.45, 7) is 1.77. The normalized spacial score (nSPS) is 10.8. The van der Waals surface area contributed by atoms with Crippen LogP contribution in [-0.2, 0) is 11.3 Å². The van der Waals surface area contributed by atoms with Crippen molar-refractivity contribution < 1.29 is 14.0 Å².